The second-order valence-corrected chi connectivity index (χ2v) is 5.53. The number of nitrogens with two attached hydrogens (primary N) is 1. The average molecular weight is 260 g/mol. The normalized spacial score (nSPS) is 17.4. The lowest BCUT2D eigenvalue weighted by molar-refractivity contribution is -0.0400. The fraction of sp³-hybridized carbons (Fsp3) is 0.462. The summed E-state index contributed by atoms with van der Waals surface area (Å²) in [6, 6.07) is 0. The summed E-state index contributed by atoms with van der Waals surface area (Å²) in [6.45, 7) is 6.48. The number of aryl methyl sites for hydroxylation is 1. The lowest BCUT2D eigenvalue weighted by atomic mass is 9.89. The van der Waals surface area contributed by atoms with E-state index in [0.717, 1.165) is 28.6 Å². The molecule has 0 amide bonds. The fourth-order valence-corrected chi connectivity index (χ4v) is 2.58. The molecule has 0 unspecified atom stereocenters. The number of aromatic nitrogens is 3. The van der Waals surface area contributed by atoms with Crippen LogP contribution in [-0.2, 0) is 17.8 Å². The summed E-state index contributed by atoms with van der Waals surface area (Å²) < 4.78 is 5.81. The zero-order valence-electron chi connectivity index (χ0n) is 11.2. The summed E-state index contributed by atoms with van der Waals surface area (Å²) in [7, 11) is 0. The molecule has 0 saturated carbocycles. The summed E-state index contributed by atoms with van der Waals surface area (Å²) in [6.07, 6.45) is 0.722. The van der Waals surface area contributed by atoms with Crippen molar-refractivity contribution in [3.8, 4) is 0 Å². The third-order valence-electron chi connectivity index (χ3n) is 3.53. The van der Waals surface area contributed by atoms with E-state index in [4.69, 9.17) is 10.5 Å². The number of nitrogens with one attached hydrogen (secondary N) is 1. The Morgan fingerprint density at radius 3 is 2.79 bits per heavy atom. The number of ether oxygens (including phenoxy) is 1. The van der Waals surface area contributed by atoms with Crippen molar-refractivity contribution in [1.29, 1.82) is 0 Å². The van der Waals surface area contributed by atoms with E-state index in [2.05, 4.69) is 15.0 Å². The zero-order valence-corrected chi connectivity index (χ0v) is 11.2. The summed E-state index contributed by atoms with van der Waals surface area (Å²) in [4.78, 5) is 22.2. The van der Waals surface area contributed by atoms with Gasteiger partial charge in [0.2, 0.25) is 0 Å². The maximum atomic E-state index is 11.4. The van der Waals surface area contributed by atoms with Crippen molar-refractivity contribution in [2.75, 3.05) is 5.73 Å². The highest BCUT2D eigenvalue weighted by Crippen LogP contribution is 2.34. The van der Waals surface area contributed by atoms with Crippen LogP contribution in [0.1, 0.15) is 30.7 Å². The molecule has 0 radical (unpaired) electrons. The first-order valence-electron chi connectivity index (χ1n) is 6.19. The molecule has 0 fully saturated rings. The van der Waals surface area contributed by atoms with Crippen LogP contribution in [0.2, 0.25) is 0 Å². The quantitative estimate of drug-likeness (QED) is 0.738. The molecule has 0 spiro atoms. The van der Waals surface area contributed by atoms with Gasteiger partial charge >= 0.3 is 5.69 Å². The first-order chi connectivity index (χ1) is 8.87. The van der Waals surface area contributed by atoms with Crippen LogP contribution in [0, 0.1) is 6.92 Å². The molecule has 3 N–H and O–H groups in total. The van der Waals surface area contributed by atoms with Gasteiger partial charge in [-0.1, -0.05) is 0 Å². The third-order valence-corrected chi connectivity index (χ3v) is 3.53. The molecule has 0 aromatic carbocycles. The lowest BCUT2D eigenvalue weighted by Crippen LogP contribution is -2.33. The number of hydrogen-bond acceptors (Lipinski definition) is 5. The zero-order chi connectivity index (χ0) is 13.8. The number of H-pyrrole nitrogens is 1. The Morgan fingerprint density at radius 1 is 1.32 bits per heavy atom. The highest BCUT2D eigenvalue weighted by molar-refractivity contribution is 5.89. The van der Waals surface area contributed by atoms with E-state index in [0.29, 0.717) is 18.1 Å². The van der Waals surface area contributed by atoms with E-state index >= 15 is 0 Å². The van der Waals surface area contributed by atoms with Gasteiger partial charge in [-0.15, -0.1) is 0 Å². The number of nitrogen functional groups attached to an aromatic ring is 1. The van der Waals surface area contributed by atoms with Crippen LogP contribution in [0.15, 0.2) is 4.79 Å². The summed E-state index contributed by atoms with van der Waals surface area (Å²) >= 11 is 0. The van der Waals surface area contributed by atoms with Gasteiger partial charge in [0.15, 0.2) is 5.65 Å². The van der Waals surface area contributed by atoms with Crippen LogP contribution >= 0.6 is 0 Å². The van der Waals surface area contributed by atoms with Crippen LogP contribution in [-0.4, -0.2) is 20.6 Å². The van der Waals surface area contributed by atoms with Crippen LogP contribution in [0.25, 0.3) is 11.0 Å². The summed E-state index contributed by atoms with van der Waals surface area (Å²) in [5.41, 5.74) is 8.61. The number of anilines is 1. The van der Waals surface area contributed by atoms with E-state index in [-0.39, 0.29) is 5.60 Å². The summed E-state index contributed by atoms with van der Waals surface area (Å²) in [5, 5.41) is 0.747. The Labute approximate surface area is 110 Å². The van der Waals surface area contributed by atoms with Gasteiger partial charge in [0.05, 0.1) is 17.6 Å². The van der Waals surface area contributed by atoms with E-state index in [1.807, 2.05) is 20.8 Å². The molecular weight excluding hydrogens is 244 g/mol. The van der Waals surface area contributed by atoms with Crippen molar-refractivity contribution in [2.24, 2.45) is 0 Å². The molecule has 19 heavy (non-hydrogen) atoms. The molecule has 6 heteroatoms. The standard InChI is InChI=1S/C13H16N4O2/c1-6-8-5-19-13(2,3)4-7(8)9-10(14)16-12(18)17-11(9)15-6/h4-5H2,1-3H3,(H3,14,15,16,17,18). The lowest BCUT2D eigenvalue weighted by Gasteiger charge is -2.33. The maximum absolute atomic E-state index is 11.4. The van der Waals surface area contributed by atoms with E-state index in [9.17, 15) is 4.79 Å². The number of hydrogen-bond donors (Lipinski definition) is 2. The SMILES string of the molecule is Cc1nc2nc(=O)[nH]c(N)c2c2c1COC(C)(C)C2. The van der Waals surface area contributed by atoms with Crippen molar-refractivity contribution in [1.82, 2.24) is 15.0 Å². The molecule has 0 saturated heterocycles. The Balaban J connectivity index is 2.41. The van der Waals surface area contributed by atoms with Gasteiger partial charge in [-0.3, -0.25) is 4.98 Å². The molecule has 2 aromatic rings. The first kappa shape index (κ1) is 12.1. The van der Waals surface area contributed by atoms with Crippen molar-refractivity contribution < 1.29 is 4.74 Å². The Hall–Kier alpha value is -1.95. The molecule has 0 atom stereocenters. The van der Waals surface area contributed by atoms with Crippen molar-refractivity contribution in [2.45, 2.75) is 39.4 Å². The minimum atomic E-state index is -0.469. The number of fused-ring (bicyclic) bond motifs is 3. The smallest absolute Gasteiger partial charge is 0.348 e. The predicted octanol–water partition coefficient (Wildman–Crippen LogP) is 1.06. The van der Waals surface area contributed by atoms with E-state index in [1.165, 1.54) is 0 Å². The Morgan fingerprint density at radius 2 is 2.05 bits per heavy atom. The van der Waals surface area contributed by atoms with E-state index < -0.39 is 5.69 Å². The molecule has 3 heterocycles. The molecule has 3 rings (SSSR count). The molecule has 100 valence electrons. The fourth-order valence-electron chi connectivity index (χ4n) is 2.58. The van der Waals surface area contributed by atoms with Crippen LogP contribution in [0.5, 0.6) is 0 Å². The number of pyridine rings is 1. The van der Waals surface area contributed by atoms with Gasteiger partial charge in [-0.05, 0) is 26.3 Å². The molecule has 1 aliphatic heterocycles. The molecule has 6 nitrogen and oxygen atoms in total. The van der Waals surface area contributed by atoms with Crippen molar-refractivity contribution in [3.63, 3.8) is 0 Å². The van der Waals surface area contributed by atoms with Gasteiger partial charge < -0.3 is 10.5 Å². The molecule has 0 bridgehead atoms. The molecular formula is C13H16N4O2. The number of aromatic amines is 1. The van der Waals surface area contributed by atoms with Crippen LogP contribution in [0.4, 0.5) is 5.82 Å². The second-order valence-electron chi connectivity index (χ2n) is 5.53. The van der Waals surface area contributed by atoms with Crippen molar-refractivity contribution in [3.05, 3.63) is 27.3 Å². The third kappa shape index (κ3) is 1.88. The van der Waals surface area contributed by atoms with Crippen LogP contribution < -0.4 is 11.4 Å². The Kier molecular flexibility index (Phi) is 2.40. The minimum absolute atomic E-state index is 0.254. The van der Waals surface area contributed by atoms with Gasteiger partial charge in [0.1, 0.15) is 5.82 Å². The largest absolute Gasteiger partial charge is 0.385 e. The predicted molar refractivity (Wildman–Crippen MR) is 71.9 cm³/mol. The molecule has 1 aliphatic rings. The van der Waals surface area contributed by atoms with Gasteiger partial charge in [0, 0.05) is 17.7 Å². The second kappa shape index (κ2) is 3.77. The highest BCUT2D eigenvalue weighted by Gasteiger charge is 2.30. The van der Waals surface area contributed by atoms with Crippen LogP contribution in [0.3, 0.4) is 0 Å². The molecule has 2 aromatic heterocycles. The van der Waals surface area contributed by atoms with E-state index in [1.54, 1.807) is 0 Å². The Bertz CT molecular complexity index is 733. The van der Waals surface area contributed by atoms with Crippen molar-refractivity contribution >= 4 is 16.9 Å². The average Bonchev–Trinajstić information content (AvgIpc) is 2.25. The maximum Gasteiger partial charge on any atom is 0.348 e. The van der Waals surface area contributed by atoms with Gasteiger partial charge in [-0.2, -0.15) is 4.98 Å². The number of rotatable bonds is 0. The summed E-state index contributed by atoms with van der Waals surface area (Å²) in [5.74, 6) is 0.330. The number of nitrogens with zero attached hydrogens (tertiary/aromatic N) is 2. The highest BCUT2D eigenvalue weighted by atomic mass is 16.5. The first-order valence-corrected chi connectivity index (χ1v) is 6.19. The topological polar surface area (TPSA) is 93.9 Å². The van der Waals surface area contributed by atoms with Gasteiger partial charge in [-0.25, -0.2) is 9.78 Å². The van der Waals surface area contributed by atoms with Gasteiger partial charge in [0.25, 0.3) is 0 Å². The molecule has 0 aliphatic carbocycles. The minimum Gasteiger partial charge on any atom is -0.385 e. The monoisotopic (exact) mass is 260 g/mol.